The highest BCUT2D eigenvalue weighted by Gasteiger charge is 2.32. The quantitative estimate of drug-likeness (QED) is 0.246. The Balaban J connectivity index is 1.46. The van der Waals surface area contributed by atoms with Crippen molar-refractivity contribution in [1.29, 1.82) is 0 Å². The van der Waals surface area contributed by atoms with E-state index in [1.165, 1.54) is 21.7 Å². The molecule has 7 nitrogen and oxygen atoms in total. The number of pyridine rings is 1. The van der Waals surface area contributed by atoms with Gasteiger partial charge in [-0.2, -0.15) is 0 Å². The fraction of sp³-hybridized carbons (Fsp3) is 0.172. The van der Waals surface area contributed by atoms with Gasteiger partial charge in [0.1, 0.15) is 21.5 Å². The molecule has 0 spiro atoms. The Morgan fingerprint density at radius 3 is 2.53 bits per heavy atom. The van der Waals surface area contributed by atoms with Crippen LogP contribution in [0, 0.1) is 6.92 Å². The number of benzene rings is 2. The van der Waals surface area contributed by atoms with E-state index in [0.717, 1.165) is 23.3 Å². The van der Waals surface area contributed by atoms with E-state index in [4.69, 9.17) is 21.9 Å². The maximum absolute atomic E-state index is 13.6. The van der Waals surface area contributed by atoms with E-state index in [-0.39, 0.29) is 11.5 Å². The second kappa shape index (κ2) is 11.2. The molecule has 5 rings (SSSR count). The van der Waals surface area contributed by atoms with Gasteiger partial charge in [-0.25, -0.2) is 4.98 Å². The molecule has 0 atom stereocenters. The highest BCUT2D eigenvalue weighted by molar-refractivity contribution is 8.26. The Morgan fingerprint density at radius 1 is 1.03 bits per heavy atom. The minimum absolute atomic E-state index is 0.236. The number of thiocarbonyl (C=S) groups is 1. The van der Waals surface area contributed by atoms with Gasteiger partial charge in [0.25, 0.3) is 11.5 Å². The van der Waals surface area contributed by atoms with Crippen LogP contribution in [-0.2, 0) is 17.8 Å². The molecule has 2 aromatic heterocycles. The van der Waals surface area contributed by atoms with Gasteiger partial charge in [0.05, 0.1) is 24.1 Å². The maximum atomic E-state index is 13.6. The molecule has 1 aliphatic heterocycles. The van der Waals surface area contributed by atoms with Crippen molar-refractivity contribution in [1.82, 2.24) is 14.3 Å². The number of ether oxygens (including phenoxy) is 1. The van der Waals surface area contributed by atoms with Crippen molar-refractivity contribution < 1.29 is 9.53 Å². The number of thioether (sulfide) groups is 1. The Hall–Kier alpha value is -3.95. The summed E-state index contributed by atoms with van der Waals surface area (Å²) in [7, 11) is 1.61. The summed E-state index contributed by atoms with van der Waals surface area (Å²) in [6, 6.07) is 21.3. The van der Waals surface area contributed by atoms with Crippen LogP contribution < -0.4 is 15.6 Å². The van der Waals surface area contributed by atoms with Crippen LogP contribution in [0.1, 0.15) is 22.3 Å². The summed E-state index contributed by atoms with van der Waals surface area (Å²) in [6.07, 6.45) is 4.07. The predicted octanol–water partition coefficient (Wildman–Crippen LogP) is 5.07. The third kappa shape index (κ3) is 5.34. The zero-order chi connectivity index (χ0) is 26.6. The smallest absolute Gasteiger partial charge is 0.267 e. The van der Waals surface area contributed by atoms with Crippen LogP contribution in [0.4, 0.5) is 5.82 Å². The molecule has 1 N–H and O–H groups in total. The van der Waals surface area contributed by atoms with Gasteiger partial charge in [-0.3, -0.25) is 18.9 Å². The largest absolute Gasteiger partial charge is 0.497 e. The Bertz CT molecular complexity index is 1600. The van der Waals surface area contributed by atoms with Gasteiger partial charge in [-0.05, 0) is 54.3 Å². The molecule has 1 amide bonds. The predicted molar refractivity (Wildman–Crippen MR) is 157 cm³/mol. The van der Waals surface area contributed by atoms with Gasteiger partial charge in [0.2, 0.25) is 0 Å². The minimum Gasteiger partial charge on any atom is -0.497 e. The zero-order valence-corrected chi connectivity index (χ0v) is 22.6. The second-order valence-corrected chi connectivity index (χ2v) is 10.5. The fourth-order valence-corrected chi connectivity index (χ4v) is 5.46. The van der Waals surface area contributed by atoms with Crippen LogP contribution >= 0.6 is 24.0 Å². The Labute approximate surface area is 230 Å². The van der Waals surface area contributed by atoms with Crippen molar-refractivity contribution in [3.63, 3.8) is 0 Å². The van der Waals surface area contributed by atoms with Crippen LogP contribution in [0.15, 0.2) is 82.6 Å². The first-order valence-electron chi connectivity index (χ1n) is 12.1. The van der Waals surface area contributed by atoms with E-state index in [2.05, 4.69) is 17.4 Å². The summed E-state index contributed by atoms with van der Waals surface area (Å²) in [6.45, 7) is 2.83. The number of anilines is 1. The molecule has 192 valence electrons. The van der Waals surface area contributed by atoms with Crippen molar-refractivity contribution in [3.05, 3.63) is 110 Å². The third-order valence-electron chi connectivity index (χ3n) is 6.28. The van der Waals surface area contributed by atoms with Gasteiger partial charge >= 0.3 is 0 Å². The average Bonchev–Trinajstić information content (AvgIpc) is 3.19. The number of amides is 1. The number of carbonyl (C=O) groups excluding carboxylic acids is 1. The van der Waals surface area contributed by atoms with E-state index in [1.54, 1.807) is 24.3 Å². The van der Waals surface area contributed by atoms with Crippen molar-refractivity contribution in [2.24, 2.45) is 0 Å². The Morgan fingerprint density at radius 2 is 1.79 bits per heavy atom. The van der Waals surface area contributed by atoms with Crippen molar-refractivity contribution >= 4 is 51.7 Å². The maximum Gasteiger partial charge on any atom is 0.267 e. The second-order valence-electron chi connectivity index (χ2n) is 8.84. The fourth-order valence-electron chi connectivity index (χ4n) is 4.23. The van der Waals surface area contributed by atoms with Gasteiger partial charge in [-0.1, -0.05) is 72.5 Å². The number of carbonyl (C=O) groups is 1. The highest BCUT2D eigenvalue weighted by atomic mass is 32.2. The first-order valence-corrected chi connectivity index (χ1v) is 13.3. The number of hydrogen-bond acceptors (Lipinski definition) is 7. The molecule has 9 heteroatoms. The lowest BCUT2D eigenvalue weighted by molar-refractivity contribution is -0.122. The molecule has 1 fully saturated rings. The lowest BCUT2D eigenvalue weighted by atomic mass is 10.1. The molecule has 2 aromatic carbocycles. The van der Waals surface area contributed by atoms with Crippen molar-refractivity contribution in [2.75, 3.05) is 19.0 Å². The number of rotatable bonds is 8. The summed E-state index contributed by atoms with van der Waals surface area (Å²) in [5.74, 6) is 0.950. The van der Waals surface area contributed by atoms with Gasteiger partial charge in [0, 0.05) is 12.7 Å². The first-order chi connectivity index (χ1) is 18.4. The molecule has 1 saturated heterocycles. The lowest BCUT2D eigenvalue weighted by Gasteiger charge is -2.15. The minimum atomic E-state index is -0.249. The zero-order valence-electron chi connectivity index (χ0n) is 21.0. The molecular formula is C29H26N4O3S2. The molecule has 0 unspecified atom stereocenters. The molecule has 0 radical (unpaired) electrons. The molecule has 4 aromatic rings. The number of fused-ring (bicyclic) bond motifs is 1. The average molecular weight is 543 g/mol. The normalized spacial score (nSPS) is 14.5. The molecule has 1 aliphatic rings. The molecular weight excluding hydrogens is 516 g/mol. The van der Waals surface area contributed by atoms with E-state index in [9.17, 15) is 9.59 Å². The van der Waals surface area contributed by atoms with Gasteiger partial charge in [0.15, 0.2) is 0 Å². The third-order valence-corrected chi connectivity index (χ3v) is 7.66. The van der Waals surface area contributed by atoms with Crippen molar-refractivity contribution in [2.45, 2.75) is 19.9 Å². The lowest BCUT2D eigenvalue weighted by Crippen LogP contribution is -2.27. The standard InChI is InChI=1S/C29H26N4O3S2/c1-19-7-6-16-32-26(19)31-25(30-15-14-20-8-4-3-5-9-20)23(27(32)34)17-24-28(35)33(29(37)38-24)18-21-10-12-22(36-2)13-11-21/h3-13,16-17,30H,14-15,18H2,1-2H3. The van der Waals surface area contributed by atoms with E-state index >= 15 is 0 Å². The summed E-state index contributed by atoms with van der Waals surface area (Å²) in [4.78, 5) is 33.7. The van der Waals surface area contributed by atoms with E-state index in [1.807, 2.05) is 61.5 Å². The number of hydrogen-bond donors (Lipinski definition) is 1. The monoisotopic (exact) mass is 542 g/mol. The number of nitrogens with zero attached hydrogens (tertiary/aromatic N) is 3. The van der Waals surface area contributed by atoms with Crippen LogP contribution in [-0.4, -0.2) is 38.2 Å². The molecule has 38 heavy (non-hydrogen) atoms. The first kappa shape index (κ1) is 25.7. The van der Waals surface area contributed by atoms with Crippen LogP contribution in [0.3, 0.4) is 0 Å². The van der Waals surface area contributed by atoms with Crippen LogP contribution in [0.25, 0.3) is 11.7 Å². The molecule has 0 saturated carbocycles. The Kier molecular flexibility index (Phi) is 7.57. The number of aryl methyl sites for hydroxylation is 1. The van der Waals surface area contributed by atoms with Crippen molar-refractivity contribution in [3.8, 4) is 5.75 Å². The van der Waals surface area contributed by atoms with Crippen LogP contribution in [0.2, 0.25) is 0 Å². The molecule has 0 aliphatic carbocycles. The number of methoxy groups -OCH3 is 1. The van der Waals surface area contributed by atoms with Crippen LogP contribution in [0.5, 0.6) is 5.75 Å². The SMILES string of the molecule is COc1ccc(CN2C(=O)C(=Cc3c(NCCc4ccccc4)nc4c(C)cccn4c3=O)SC2=S)cc1. The number of nitrogens with one attached hydrogen (secondary N) is 1. The topological polar surface area (TPSA) is 75.9 Å². The summed E-state index contributed by atoms with van der Waals surface area (Å²) >= 11 is 6.72. The molecule has 0 bridgehead atoms. The highest BCUT2D eigenvalue weighted by Crippen LogP contribution is 2.34. The van der Waals surface area contributed by atoms with E-state index < -0.39 is 0 Å². The number of aromatic nitrogens is 2. The summed E-state index contributed by atoms with van der Waals surface area (Å²) in [5.41, 5.74) is 3.63. The van der Waals surface area contributed by atoms with Gasteiger partial charge < -0.3 is 10.1 Å². The summed E-state index contributed by atoms with van der Waals surface area (Å²) < 4.78 is 7.18. The summed E-state index contributed by atoms with van der Waals surface area (Å²) in [5, 5.41) is 3.34. The van der Waals surface area contributed by atoms with Gasteiger partial charge in [-0.15, -0.1) is 0 Å². The molecule has 3 heterocycles. The van der Waals surface area contributed by atoms with E-state index in [0.29, 0.717) is 39.3 Å².